The van der Waals surface area contributed by atoms with Gasteiger partial charge in [0.25, 0.3) is 5.91 Å². The van der Waals surface area contributed by atoms with Gasteiger partial charge in [-0.25, -0.2) is 5.43 Å². The number of nitrogens with one attached hydrogen (secondary N) is 1. The number of ether oxygens (including phenoxy) is 2. The normalized spacial score (nSPS) is 14.8. The lowest BCUT2D eigenvalue weighted by molar-refractivity contribution is -0.123. The Morgan fingerprint density at radius 2 is 1.77 bits per heavy atom. The van der Waals surface area contributed by atoms with Crippen molar-refractivity contribution in [2.24, 2.45) is 5.10 Å². The van der Waals surface area contributed by atoms with Crippen molar-refractivity contribution in [1.82, 2.24) is 10.3 Å². The van der Waals surface area contributed by atoms with Gasteiger partial charge in [-0.05, 0) is 35.4 Å². The van der Waals surface area contributed by atoms with Crippen LogP contribution in [0.3, 0.4) is 0 Å². The molecule has 0 aromatic heterocycles. The van der Waals surface area contributed by atoms with Crippen LogP contribution in [0.5, 0.6) is 5.75 Å². The first-order chi connectivity index (χ1) is 14.4. The maximum Gasteiger partial charge on any atom is 0.254 e. The van der Waals surface area contributed by atoms with Gasteiger partial charge in [0.1, 0.15) is 6.61 Å². The highest BCUT2D eigenvalue weighted by molar-refractivity contribution is 6.42. The molecule has 1 amide bonds. The van der Waals surface area contributed by atoms with Gasteiger partial charge in [-0.2, -0.15) is 5.10 Å². The van der Waals surface area contributed by atoms with Crippen LogP contribution in [-0.2, 0) is 16.1 Å². The van der Waals surface area contributed by atoms with Crippen LogP contribution in [0, 0.1) is 0 Å². The zero-order chi connectivity index (χ0) is 21.5. The number of carbonyl (C=O) groups excluding carboxylic acids is 1. The molecule has 0 atom stereocenters. The molecule has 0 aliphatic carbocycles. The molecule has 2 aromatic carbocycles. The van der Waals surface area contributed by atoms with E-state index < -0.39 is 0 Å². The van der Waals surface area contributed by atoms with Crippen LogP contribution < -0.4 is 10.2 Å². The number of nitrogens with zero attached hydrogens (tertiary/aromatic N) is 2. The van der Waals surface area contributed by atoms with Gasteiger partial charge in [0.15, 0.2) is 5.75 Å². The van der Waals surface area contributed by atoms with Crippen molar-refractivity contribution < 1.29 is 14.3 Å². The monoisotopic (exact) mass is 489 g/mol. The number of rotatable bonds is 7. The summed E-state index contributed by atoms with van der Waals surface area (Å²) in [6.07, 6.45) is 1.47. The van der Waals surface area contributed by atoms with E-state index in [-0.39, 0.29) is 19.1 Å². The number of hydrazone groups is 1. The second-order valence-corrected chi connectivity index (χ2v) is 8.16. The van der Waals surface area contributed by atoms with Gasteiger partial charge in [-0.3, -0.25) is 9.69 Å². The molecule has 1 fully saturated rings. The van der Waals surface area contributed by atoms with Crippen molar-refractivity contribution >= 4 is 58.5 Å². The number of hydrogen-bond donors (Lipinski definition) is 1. The van der Waals surface area contributed by atoms with Crippen LogP contribution in [0.25, 0.3) is 0 Å². The smallest absolute Gasteiger partial charge is 0.254 e. The van der Waals surface area contributed by atoms with Crippen LogP contribution in [0.1, 0.15) is 11.1 Å². The van der Waals surface area contributed by atoms with Gasteiger partial charge in [-0.15, -0.1) is 0 Å². The van der Waals surface area contributed by atoms with Crippen molar-refractivity contribution in [2.75, 3.05) is 32.8 Å². The Morgan fingerprint density at radius 3 is 2.43 bits per heavy atom. The van der Waals surface area contributed by atoms with Crippen molar-refractivity contribution in [3.05, 3.63) is 61.5 Å². The number of amides is 1. The Bertz CT molecular complexity index is 911. The first-order valence-corrected chi connectivity index (χ1v) is 10.6. The van der Waals surface area contributed by atoms with E-state index in [1.165, 1.54) is 6.21 Å². The summed E-state index contributed by atoms with van der Waals surface area (Å²) in [5, 5.41) is 5.52. The van der Waals surface area contributed by atoms with Crippen LogP contribution in [0.2, 0.25) is 20.1 Å². The van der Waals surface area contributed by atoms with Gasteiger partial charge in [0.2, 0.25) is 0 Å². The molecular formula is C20H19Cl4N3O3. The molecule has 0 spiro atoms. The molecule has 160 valence electrons. The summed E-state index contributed by atoms with van der Waals surface area (Å²) in [5.74, 6) is 0.143. The molecule has 1 heterocycles. The van der Waals surface area contributed by atoms with E-state index in [0.717, 1.165) is 18.7 Å². The van der Waals surface area contributed by atoms with E-state index in [9.17, 15) is 4.79 Å². The van der Waals surface area contributed by atoms with Crippen molar-refractivity contribution in [3.63, 3.8) is 0 Å². The molecule has 0 radical (unpaired) electrons. The summed E-state index contributed by atoms with van der Waals surface area (Å²) in [4.78, 5) is 14.0. The molecule has 6 nitrogen and oxygen atoms in total. The second kappa shape index (κ2) is 11.2. The maximum absolute atomic E-state index is 12.0. The predicted octanol–water partition coefficient (Wildman–Crippen LogP) is 4.66. The van der Waals surface area contributed by atoms with Crippen molar-refractivity contribution in [1.29, 1.82) is 0 Å². The fourth-order valence-electron chi connectivity index (χ4n) is 2.75. The lowest BCUT2D eigenvalue weighted by Gasteiger charge is -2.25. The standard InChI is InChI=1S/C20H19Cl4N3O3/c21-15-2-1-13(7-16(15)22)12-30-20-17(23)8-14(9-18(20)24)10-25-26-19(28)11-27-3-5-29-6-4-27/h1-2,7-10H,3-6,11-12H2,(H,26,28)/b25-10-. The number of carbonyl (C=O) groups is 1. The Morgan fingerprint density at radius 1 is 1.07 bits per heavy atom. The van der Waals surface area contributed by atoms with Gasteiger partial charge in [-0.1, -0.05) is 52.5 Å². The molecule has 1 aliphatic heterocycles. The minimum absolute atomic E-state index is 0.202. The minimum atomic E-state index is -0.202. The van der Waals surface area contributed by atoms with Crippen LogP contribution in [-0.4, -0.2) is 49.9 Å². The Labute approximate surface area is 194 Å². The highest BCUT2D eigenvalue weighted by Gasteiger charge is 2.14. The fourth-order valence-corrected chi connectivity index (χ4v) is 3.69. The Hall–Kier alpha value is -1.54. The molecule has 1 saturated heterocycles. The molecule has 10 heteroatoms. The molecule has 0 unspecified atom stereocenters. The lowest BCUT2D eigenvalue weighted by atomic mass is 10.2. The van der Waals surface area contributed by atoms with Gasteiger partial charge in [0.05, 0.1) is 46.1 Å². The van der Waals surface area contributed by atoms with Gasteiger partial charge in [0, 0.05) is 13.1 Å². The fraction of sp³-hybridized carbons (Fsp3) is 0.300. The van der Waals surface area contributed by atoms with E-state index in [1.54, 1.807) is 30.3 Å². The molecular weight excluding hydrogens is 472 g/mol. The average Bonchev–Trinajstić information content (AvgIpc) is 2.71. The third-order valence-electron chi connectivity index (χ3n) is 4.26. The van der Waals surface area contributed by atoms with E-state index >= 15 is 0 Å². The second-order valence-electron chi connectivity index (χ2n) is 6.53. The topological polar surface area (TPSA) is 63.2 Å². The minimum Gasteiger partial charge on any atom is -0.486 e. The number of hydrogen-bond acceptors (Lipinski definition) is 5. The van der Waals surface area contributed by atoms with Crippen molar-refractivity contribution in [3.8, 4) is 5.75 Å². The number of benzene rings is 2. The van der Waals surface area contributed by atoms with Gasteiger partial charge >= 0.3 is 0 Å². The first-order valence-electron chi connectivity index (χ1n) is 9.10. The molecule has 2 aromatic rings. The van der Waals surface area contributed by atoms with E-state index in [0.29, 0.717) is 44.6 Å². The van der Waals surface area contributed by atoms with Crippen LogP contribution >= 0.6 is 46.4 Å². The SMILES string of the molecule is O=C(CN1CCOCC1)N/N=C\c1cc(Cl)c(OCc2ccc(Cl)c(Cl)c2)c(Cl)c1. The third kappa shape index (κ3) is 6.74. The van der Waals surface area contributed by atoms with Gasteiger partial charge < -0.3 is 9.47 Å². The highest BCUT2D eigenvalue weighted by atomic mass is 35.5. The summed E-state index contributed by atoms with van der Waals surface area (Å²) in [7, 11) is 0. The Kier molecular flexibility index (Phi) is 8.62. The molecule has 0 bridgehead atoms. The molecule has 1 N–H and O–H groups in total. The maximum atomic E-state index is 12.0. The van der Waals surface area contributed by atoms with E-state index in [1.807, 2.05) is 4.90 Å². The third-order valence-corrected chi connectivity index (χ3v) is 5.56. The predicted molar refractivity (Wildman–Crippen MR) is 120 cm³/mol. The summed E-state index contributed by atoms with van der Waals surface area (Å²) < 4.78 is 11.0. The summed E-state index contributed by atoms with van der Waals surface area (Å²) in [5.41, 5.74) is 3.94. The number of halogens is 4. The zero-order valence-electron chi connectivity index (χ0n) is 15.8. The molecule has 1 aliphatic rings. The first kappa shape index (κ1) is 23.1. The molecule has 30 heavy (non-hydrogen) atoms. The molecule has 3 rings (SSSR count). The largest absolute Gasteiger partial charge is 0.486 e. The van der Waals surface area contributed by atoms with Crippen molar-refractivity contribution in [2.45, 2.75) is 6.61 Å². The number of morpholine rings is 1. The van der Waals surface area contributed by atoms with Crippen LogP contribution in [0.4, 0.5) is 0 Å². The molecule has 0 saturated carbocycles. The quantitative estimate of drug-likeness (QED) is 0.452. The van der Waals surface area contributed by atoms with Crippen LogP contribution in [0.15, 0.2) is 35.4 Å². The summed E-state index contributed by atoms with van der Waals surface area (Å²) >= 11 is 24.5. The summed E-state index contributed by atoms with van der Waals surface area (Å²) in [6, 6.07) is 8.51. The van der Waals surface area contributed by atoms with E-state index in [4.69, 9.17) is 55.9 Å². The summed E-state index contributed by atoms with van der Waals surface area (Å²) in [6.45, 7) is 3.21. The highest BCUT2D eigenvalue weighted by Crippen LogP contribution is 2.34. The van der Waals surface area contributed by atoms with E-state index in [2.05, 4.69) is 10.5 Å². The Balaban J connectivity index is 1.56. The zero-order valence-corrected chi connectivity index (χ0v) is 18.9. The average molecular weight is 491 g/mol. The lowest BCUT2D eigenvalue weighted by Crippen LogP contribution is -2.42.